The summed E-state index contributed by atoms with van der Waals surface area (Å²) in [6.45, 7) is 6.67. The summed E-state index contributed by atoms with van der Waals surface area (Å²) in [5, 5.41) is 0. The van der Waals surface area contributed by atoms with Crippen molar-refractivity contribution in [1.82, 2.24) is 0 Å². The Bertz CT molecular complexity index is 380. The Morgan fingerprint density at radius 3 is 2.55 bits per heavy atom. The molecule has 2 N–H and O–H groups in total. The van der Waals surface area contributed by atoms with Gasteiger partial charge in [-0.3, -0.25) is 0 Å². The molecule has 1 aromatic carbocycles. The third-order valence-corrected chi connectivity index (χ3v) is 3.10. The molecule has 0 aliphatic carbocycles. The molecule has 0 radical (unpaired) electrons. The smallest absolute Gasteiger partial charge is 0.124 e. The fourth-order valence-electron chi connectivity index (χ4n) is 1.84. The van der Waals surface area contributed by atoms with Gasteiger partial charge in [-0.1, -0.05) is 19.4 Å². The van der Waals surface area contributed by atoms with Crippen LogP contribution in [-0.2, 0) is 16.1 Å². The van der Waals surface area contributed by atoms with Gasteiger partial charge in [0.25, 0.3) is 0 Å². The molecule has 0 bridgehead atoms. The molecule has 0 heterocycles. The molecule has 0 aromatic heterocycles. The van der Waals surface area contributed by atoms with Gasteiger partial charge in [0.2, 0.25) is 0 Å². The van der Waals surface area contributed by atoms with E-state index in [1.165, 1.54) is 0 Å². The fourth-order valence-corrected chi connectivity index (χ4v) is 1.84. The van der Waals surface area contributed by atoms with Crippen LogP contribution in [0, 0.1) is 0 Å². The van der Waals surface area contributed by atoms with Crippen LogP contribution in [0.3, 0.4) is 0 Å². The van der Waals surface area contributed by atoms with E-state index in [1.54, 1.807) is 7.11 Å². The maximum atomic E-state index is 5.90. The highest BCUT2D eigenvalue weighted by molar-refractivity contribution is 5.37. The zero-order valence-corrected chi connectivity index (χ0v) is 12.9. The molecule has 1 atom stereocenters. The predicted molar refractivity (Wildman–Crippen MR) is 81.0 cm³/mol. The Morgan fingerprint density at radius 1 is 1.15 bits per heavy atom. The molecule has 1 unspecified atom stereocenters. The van der Waals surface area contributed by atoms with Crippen molar-refractivity contribution in [3.8, 4) is 5.75 Å². The molecular weight excluding hydrogens is 254 g/mol. The number of rotatable bonds is 10. The summed E-state index contributed by atoms with van der Waals surface area (Å²) in [6.07, 6.45) is 2.26. The fraction of sp³-hybridized carbons (Fsp3) is 0.625. The van der Waals surface area contributed by atoms with E-state index in [2.05, 4.69) is 6.92 Å². The first-order valence-electron chi connectivity index (χ1n) is 7.27. The summed E-state index contributed by atoms with van der Waals surface area (Å²) in [5.41, 5.74) is 8.01. The summed E-state index contributed by atoms with van der Waals surface area (Å²) in [5.74, 6) is 0.835. The van der Waals surface area contributed by atoms with Crippen molar-refractivity contribution in [2.75, 3.05) is 26.9 Å². The summed E-state index contributed by atoms with van der Waals surface area (Å²) >= 11 is 0. The number of hydrogen-bond donors (Lipinski definition) is 1. The Kier molecular flexibility index (Phi) is 8.26. The normalized spacial score (nSPS) is 12.4. The summed E-state index contributed by atoms with van der Waals surface area (Å²) in [7, 11) is 1.66. The van der Waals surface area contributed by atoms with Crippen LogP contribution in [-0.4, -0.2) is 26.9 Å². The largest absolute Gasteiger partial charge is 0.496 e. The SMILES string of the molecule is CCCCOCCOCc1cc(C(C)N)ccc1OC. The van der Waals surface area contributed by atoms with Crippen LogP contribution in [0.1, 0.15) is 43.9 Å². The predicted octanol–water partition coefficient (Wildman–Crippen LogP) is 3.05. The van der Waals surface area contributed by atoms with Gasteiger partial charge >= 0.3 is 0 Å². The van der Waals surface area contributed by atoms with E-state index < -0.39 is 0 Å². The second-order valence-corrected chi connectivity index (χ2v) is 4.88. The molecule has 114 valence electrons. The zero-order valence-electron chi connectivity index (χ0n) is 12.9. The van der Waals surface area contributed by atoms with Gasteiger partial charge in [-0.05, 0) is 31.0 Å². The Labute approximate surface area is 122 Å². The van der Waals surface area contributed by atoms with Gasteiger partial charge in [-0.15, -0.1) is 0 Å². The van der Waals surface area contributed by atoms with Crippen molar-refractivity contribution < 1.29 is 14.2 Å². The van der Waals surface area contributed by atoms with Gasteiger partial charge in [0.1, 0.15) is 5.75 Å². The van der Waals surface area contributed by atoms with Crippen LogP contribution in [0.4, 0.5) is 0 Å². The van der Waals surface area contributed by atoms with Crippen LogP contribution in [0.5, 0.6) is 5.75 Å². The van der Waals surface area contributed by atoms with Gasteiger partial charge in [0.05, 0.1) is 26.9 Å². The summed E-state index contributed by atoms with van der Waals surface area (Å²) < 4.78 is 16.4. The Balaban J connectivity index is 2.39. The second-order valence-electron chi connectivity index (χ2n) is 4.88. The number of hydrogen-bond acceptors (Lipinski definition) is 4. The molecule has 4 heteroatoms. The Hall–Kier alpha value is -1.10. The maximum absolute atomic E-state index is 5.90. The molecule has 1 aromatic rings. The lowest BCUT2D eigenvalue weighted by Crippen LogP contribution is -2.08. The quantitative estimate of drug-likeness (QED) is 0.670. The number of unbranched alkanes of at least 4 members (excludes halogenated alkanes) is 1. The summed E-state index contributed by atoms with van der Waals surface area (Å²) in [4.78, 5) is 0. The molecule has 0 saturated carbocycles. The minimum atomic E-state index is 0.0111. The lowest BCUT2D eigenvalue weighted by molar-refractivity contribution is 0.0390. The molecule has 0 saturated heterocycles. The van der Waals surface area contributed by atoms with Gasteiger partial charge in [-0.2, -0.15) is 0 Å². The molecular formula is C16H27NO3. The molecule has 0 amide bonds. The maximum Gasteiger partial charge on any atom is 0.124 e. The van der Waals surface area contributed by atoms with E-state index in [4.69, 9.17) is 19.9 Å². The van der Waals surface area contributed by atoms with Gasteiger partial charge < -0.3 is 19.9 Å². The van der Waals surface area contributed by atoms with E-state index >= 15 is 0 Å². The molecule has 20 heavy (non-hydrogen) atoms. The highest BCUT2D eigenvalue weighted by Gasteiger charge is 2.07. The topological polar surface area (TPSA) is 53.7 Å². The molecule has 0 spiro atoms. The van der Waals surface area contributed by atoms with E-state index in [0.29, 0.717) is 19.8 Å². The first-order valence-corrected chi connectivity index (χ1v) is 7.27. The number of ether oxygens (including phenoxy) is 3. The molecule has 4 nitrogen and oxygen atoms in total. The molecule has 0 aliphatic heterocycles. The monoisotopic (exact) mass is 281 g/mol. The molecule has 0 aliphatic rings. The standard InChI is InChI=1S/C16H27NO3/c1-4-5-8-19-9-10-20-12-15-11-14(13(2)17)6-7-16(15)18-3/h6-7,11,13H,4-5,8-10,12,17H2,1-3H3. The van der Waals surface area contributed by atoms with Crippen LogP contribution in [0.15, 0.2) is 18.2 Å². The lowest BCUT2D eigenvalue weighted by Gasteiger charge is -2.13. The highest BCUT2D eigenvalue weighted by atomic mass is 16.5. The van der Waals surface area contributed by atoms with E-state index in [1.807, 2.05) is 25.1 Å². The van der Waals surface area contributed by atoms with E-state index in [0.717, 1.165) is 36.3 Å². The zero-order chi connectivity index (χ0) is 14.8. The van der Waals surface area contributed by atoms with Gasteiger partial charge in [0.15, 0.2) is 0 Å². The van der Waals surface area contributed by atoms with Crippen LogP contribution in [0.25, 0.3) is 0 Å². The molecule has 1 rings (SSSR count). The van der Waals surface area contributed by atoms with Crippen molar-refractivity contribution in [3.05, 3.63) is 29.3 Å². The third-order valence-electron chi connectivity index (χ3n) is 3.10. The van der Waals surface area contributed by atoms with Crippen LogP contribution >= 0.6 is 0 Å². The van der Waals surface area contributed by atoms with Crippen molar-refractivity contribution in [2.45, 2.75) is 39.3 Å². The Morgan fingerprint density at radius 2 is 1.90 bits per heavy atom. The number of benzene rings is 1. The van der Waals surface area contributed by atoms with Crippen LogP contribution < -0.4 is 10.5 Å². The number of methoxy groups -OCH3 is 1. The first kappa shape index (κ1) is 17.0. The van der Waals surface area contributed by atoms with Crippen molar-refractivity contribution >= 4 is 0 Å². The second kappa shape index (κ2) is 9.75. The summed E-state index contributed by atoms with van der Waals surface area (Å²) in [6, 6.07) is 5.98. The van der Waals surface area contributed by atoms with Crippen molar-refractivity contribution in [2.24, 2.45) is 5.73 Å². The highest BCUT2D eigenvalue weighted by Crippen LogP contribution is 2.23. The van der Waals surface area contributed by atoms with Gasteiger partial charge in [0, 0.05) is 18.2 Å². The first-order chi connectivity index (χ1) is 9.69. The third kappa shape index (κ3) is 5.90. The van der Waals surface area contributed by atoms with E-state index in [9.17, 15) is 0 Å². The van der Waals surface area contributed by atoms with Crippen LogP contribution in [0.2, 0.25) is 0 Å². The van der Waals surface area contributed by atoms with Crippen molar-refractivity contribution in [3.63, 3.8) is 0 Å². The van der Waals surface area contributed by atoms with Gasteiger partial charge in [-0.25, -0.2) is 0 Å². The average molecular weight is 281 g/mol. The molecule has 0 fully saturated rings. The van der Waals surface area contributed by atoms with Crippen molar-refractivity contribution in [1.29, 1.82) is 0 Å². The average Bonchev–Trinajstić information content (AvgIpc) is 2.46. The number of nitrogens with two attached hydrogens (primary N) is 1. The minimum Gasteiger partial charge on any atom is -0.496 e. The van der Waals surface area contributed by atoms with E-state index in [-0.39, 0.29) is 6.04 Å². The minimum absolute atomic E-state index is 0.0111. The lowest BCUT2D eigenvalue weighted by atomic mass is 10.1.